The Balaban J connectivity index is 1.45. The lowest BCUT2D eigenvalue weighted by Crippen LogP contribution is -2.38. The molecule has 0 saturated heterocycles. The Bertz CT molecular complexity index is 1520. The molecule has 2 aromatic heterocycles. The van der Waals surface area contributed by atoms with E-state index in [4.69, 9.17) is 0 Å². The second kappa shape index (κ2) is 10.8. The zero-order chi connectivity index (χ0) is 27.5. The lowest BCUT2D eigenvalue weighted by atomic mass is 9.95. The third-order valence-electron chi connectivity index (χ3n) is 6.58. The highest BCUT2D eigenvalue weighted by molar-refractivity contribution is 6.04. The molecule has 198 valence electrons. The SMILES string of the molecule is C=CC(=O)Nc1ccc(NC(=O)c2nn(Cc3ccc(F)cc3)c3c2CN(C(=O)c2ccc[nH]2)C[C@H]3C)cc1. The van der Waals surface area contributed by atoms with Crippen LogP contribution in [0, 0.1) is 5.82 Å². The number of rotatable bonds is 7. The van der Waals surface area contributed by atoms with Crippen LogP contribution in [0.1, 0.15) is 50.6 Å². The molecule has 9 nitrogen and oxygen atoms in total. The average Bonchev–Trinajstić information content (AvgIpc) is 3.59. The minimum Gasteiger partial charge on any atom is -0.357 e. The summed E-state index contributed by atoms with van der Waals surface area (Å²) in [6.45, 7) is 6.45. The molecule has 4 aromatic rings. The zero-order valence-corrected chi connectivity index (χ0v) is 21.3. The number of fused-ring (bicyclic) bond motifs is 1. The highest BCUT2D eigenvalue weighted by Gasteiger charge is 2.34. The fourth-order valence-electron chi connectivity index (χ4n) is 4.77. The van der Waals surface area contributed by atoms with E-state index in [0.29, 0.717) is 35.7 Å². The van der Waals surface area contributed by atoms with E-state index in [0.717, 1.165) is 11.3 Å². The third-order valence-corrected chi connectivity index (χ3v) is 6.58. The van der Waals surface area contributed by atoms with E-state index in [9.17, 15) is 18.8 Å². The van der Waals surface area contributed by atoms with E-state index in [1.54, 1.807) is 64.3 Å². The van der Waals surface area contributed by atoms with Gasteiger partial charge in [0.1, 0.15) is 11.5 Å². The fourth-order valence-corrected chi connectivity index (χ4v) is 4.77. The van der Waals surface area contributed by atoms with Gasteiger partial charge in [0.25, 0.3) is 11.8 Å². The van der Waals surface area contributed by atoms with Crippen molar-refractivity contribution in [3.63, 3.8) is 0 Å². The molecule has 39 heavy (non-hydrogen) atoms. The summed E-state index contributed by atoms with van der Waals surface area (Å²) in [5.41, 5.74) is 4.13. The van der Waals surface area contributed by atoms with Crippen molar-refractivity contribution < 1.29 is 18.8 Å². The second-order valence-electron chi connectivity index (χ2n) is 9.39. The monoisotopic (exact) mass is 526 g/mol. The predicted molar refractivity (Wildman–Crippen MR) is 145 cm³/mol. The molecule has 0 unspecified atom stereocenters. The van der Waals surface area contributed by atoms with Gasteiger partial charge < -0.3 is 20.5 Å². The lowest BCUT2D eigenvalue weighted by molar-refractivity contribution is -0.111. The maximum absolute atomic E-state index is 13.5. The van der Waals surface area contributed by atoms with Crippen LogP contribution in [-0.4, -0.2) is 43.9 Å². The number of halogens is 1. The van der Waals surface area contributed by atoms with E-state index in [1.807, 2.05) is 6.92 Å². The number of carbonyl (C=O) groups is 3. The van der Waals surface area contributed by atoms with Gasteiger partial charge in [0.05, 0.1) is 13.1 Å². The number of nitrogens with zero attached hydrogens (tertiary/aromatic N) is 3. The number of H-pyrrole nitrogens is 1. The van der Waals surface area contributed by atoms with Crippen LogP contribution in [0.2, 0.25) is 0 Å². The smallest absolute Gasteiger partial charge is 0.276 e. The number of amides is 3. The number of benzene rings is 2. The molecule has 0 saturated carbocycles. The quantitative estimate of drug-likeness (QED) is 0.307. The van der Waals surface area contributed by atoms with Crippen LogP contribution in [0.3, 0.4) is 0 Å². The van der Waals surface area contributed by atoms with E-state index in [1.165, 1.54) is 18.2 Å². The minimum atomic E-state index is -0.423. The molecule has 0 spiro atoms. The van der Waals surface area contributed by atoms with Crippen molar-refractivity contribution in [3.05, 3.63) is 114 Å². The summed E-state index contributed by atoms with van der Waals surface area (Å²) in [7, 11) is 0. The summed E-state index contributed by atoms with van der Waals surface area (Å²) in [5, 5.41) is 10.2. The van der Waals surface area contributed by atoms with Crippen LogP contribution < -0.4 is 10.6 Å². The third kappa shape index (κ3) is 5.49. The van der Waals surface area contributed by atoms with Crippen molar-refractivity contribution in [2.24, 2.45) is 0 Å². The van der Waals surface area contributed by atoms with Gasteiger partial charge in [-0.2, -0.15) is 5.10 Å². The molecule has 1 aliphatic heterocycles. The number of nitrogens with one attached hydrogen (secondary N) is 3. The summed E-state index contributed by atoms with van der Waals surface area (Å²) in [4.78, 5) is 42.8. The lowest BCUT2D eigenvalue weighted by Gasteiger charge is -2.32. The van der Waals surface area contributed by atoms with Gasteiger partial charge in [0.2, 0.25) is 5.91 Å². The molecule has 3 heterocycles. The van der Waals surface area contributed by atoms with E-state index < -0.39 is 5.91 Å². The zero-order valence-electron chi connectivity index (χ0n) is 21.3. The predicted octanol–water partition coefficient (Wildman–Crippen LogP) is 4.53. The molecule has 0 aliphatic carbocycles. The van der Waals surface area contributed by atoms with Gasteiger partial charge in [-0.25, -0.2) is 4.39 Å². The van der Waals surface area contributed by atoms with Crippen LogP contribution in [0.4, 0.5) is 15.8 Å². The Labute approximate surface area is 224 Å². The number of anilines is 2. The maximum Gasteiger partial charge on any atom is 0.276 e. The van der Waals surface area contributed by atoms with Crippen molar-refractivity contribution in [2.45, 2.75) is 25.9 Å². The highest BCUT2D eigenvalue weighted by atomic mass is 19.1. The first-order chi connectivity index (χ1) is 18.8. The van der Waals surface area contributed by atoms with Gasteiger partial charge >= 0.3 is 0 Å². The second-order valence-corrected chi connectivity index (χ2v) is 9.39. The van der Waals surface area contributed by atoms with Gasteiger partial charge in [-0.3, -0.25) is 19.1 Å². The van der Waals surface area contributed by atoms with Crippen LogP contribution in [0.5, 0.6) is 0 Å². The molecule has 3 N–H and O–H groups in total. The Kier molecular flexibility index (Phi) is 7.09. The van der Waals surface area contributed by atoms with Gasteiger partial charge in [0, 0.05) is 41.3 Å². The van der Waals surface area contributed by atoms with E-state index in [2.05, 4.69) is 27.3 Å². The summed E-state index contributed by atoms with van der Waals surface area (Å²) < 4.78 is 15.2. The van der Waals surface area contributed by atoms with E-state index >= 15 is 0 Å². The molecule has 10 heteroatoms. The topological polar surface area (TPSA) is 112 Å². The standard InChI is InChI=1S/C29H27FN6O3/c1-3-25(37)32-21-10-12-22(13-11-21)33-28(38)26-23-17-35(29(39)24-5-4-14-31-24)15-18(2)27(23)36(34-26)16-19-6-8-20(30)9-7-19/h3-14,18,31H,1,15-17H2,2H3,(H,32,37)(H,33,38)/t18-/m1/s1. The summed E-state index contributed by atoms with van der Waals surface area (Å²) >= 11 is 0. The minimum absolute atomic E-state index is 0.102. The Morgan fingerprint density at radius 2 is 1.77 bits per heavy atom. The van der Waals surface area contributed by atoms with Crippen LogP contribution in [-0.2, 0) is 17.9 Å². The van der Waals surface area contributed by atoms with Crippen molar-refractivity contribution in [3.8, 4) is 0 Å². The Hall–Kier alpha value is -4.99. The first-order valence-corrected chi connectivity index (χ1v) is 12.4. The molecule has 1 aliphatic rings. The van der Waals surface area contributed by atoms with Gasteiger partial charge in [-0.1, -0.05) is 25.6 Å². The molecular formula is C29H27FN6O3. The number of aromatic amines is 1. The first-order valence-electron chi connectivity index (χ1n) is 12.4. The summed E-state index contributed by atoms with van der Waals surface area (Å²) in [6.07, 6.45) is 2.87. The van der Waals surface area contributed by atoms with Crippen LogP contribution in [0.25, 0.3) is 0 Å². The Morgan fingerprint density at radius 3 is 2.41 bits per heavy atom. The fraction of sp³-hybridized carbons (Fsp3) is 0.172. The Morgan fingerprint density at radius 1 is 1.08 bits per heavy atom. The number of hydrogen-bond acceptors (Lipinski definition) is 4. The molecule has 0 bridgehead atoms. The van der Waals surface area contributed by atoms with Crippen LogP contribution in [0.15, 0.2) is 79.5 Å². The number of hydrogen-bond donors (Lipinski definition) is 3. The molecule has 3 amide bonds. The van der Waals surface area contributed by atoms with Gasteiger partial charge in [-0.05, 0) is 60.2 Å². The van der Waals surface area contributed by atoms with Crippen molar-refractivity contribution >= 4 is 29.1 Å². The molecule has 0 radical (unpaired) electrons. The molecular weight excluding hydrogens is 499 g/mol. The summed E-state index contributed by atoms with van der Waals surface area (Å²) in [6, 6.07) is 16.3. The van der Waals surface area contributed by atoms with Crippen LogP contribution >= 0.6 is 0 Å². The number of aromatic nitrogens is 3. The first kappa shape index (κ1) is 25.7. The molecule has 1 atom stereocenters. The summed E-state index contributed by atoms with van der Waals surface area (Å²) in [5.74, 6) is -1.35. The van der Waals surface area contributed by atoms with Gasteiger partial charge in [-0.15, -0.1) is 0 Å². The van der Waals surface area contributed by atoms with E-state index in [-0.39, 0.29) is 35.8 Å². The maximum atomic E-state index is 13.5. The highest BCUT2D eigenvalue weighted by Crippen LogP contribution is 2.32. The molecule has 2 aromatic carbocycles. The van der Waals surface area contributed by atoms with Crippen molar-refractivity contribution in [1.82, 2.24) is 19.7 Å². The normalized spacial score (nSPS) is 14.4. The molecule has 0 fully saturated rings. The van der Waals surface area contributed by atoms with Crippen molar-refractivity contribution in [1.29, 1.82) is 0 Å². The largest absolute Gasteiger partial charge is 0.357 e. The average molecular weight is 527 g/mol. The van der Waals surface area contributed by atoms with Gasteiger partial charge in [0.15, 0.2) is 5.69 Å². The molecule has 5 rings (SSSR count). The number of carbonyl (C=O) groups excluding carboxylic acids is 3. The van der Waals surface area contributed by atoms with Crippen molar-refractivity contribution in [2.75, 3.05) is 17.2 Å².